The fourth-order valence-corrected chi connectivity index (χ4v) is 3.20. The smallest absolute Gasteiger partial charge is 0.326 e. The van der Waals surface area contributed by atoms with Gasteiger partial charge in [0.2, 0.25) is 0 Å². The second-order valence-electron chi connectivity index (χ2n) is 5.88. The average Bonchev–Trinajstić information content (AvgIpc) is 3.06. The van der Waals surface area contributed by atoms with Crippen LogP contribution in [0.3, 0.4) is 0 Å². The van der Waals surface area contributed by atoms with Gasteiger partial charge < -0.3 is 15.0 Å². The molecule has 0 radical (unpaired) electrons. The second-order valence-corrected chi connectivity index (χ2v) is 5.88. The van der Waals surface area contributed by atoms with Crippen LogP contribution in [0.2, 0.25) is 0 Å². The van der Waals surface area contributed by atoms with Crippen molar-refractivity contribution in [2.75, 3.05) is 27.2 Å². The van der Waals surface area contributed by atoms with E-state index in [1.165, 1.54) is 26.5 Å². The van der Waals surface area contributed by atoms with Crippen LogP contribution in [0.5, 0.6) is 0 Å². The monoisotopic (exact) mass is 254 g/mol. The molecule has 2 atom stereocenters. The van der Waals surface area contributed by atoms with Crippen LogP contribution < -0.4 is 5.32 Å². The Labute approximate surface area is 110 Å². The van der Waals surface area contributed by atoms with Gasteiger partial charge in [0.15, 0.2) is 0 Å². The van der Waals surface area contributed by atoms with Gasteiger partial charge in [0.05, 0.1) is 7.11 Å². The van der Waals surface area contributed by atoms with Crippen LogP contribution in [0, 0.1) is 5.92 Å². The van der Waals surface area contributed by atoms with Gasteiger partial charge in [-0.3, -0.25) is 4.79 Å². The maximum atomic E-state index is 12.0. The van der Waals surface area contributed by atoms with Gasteiger partial charge in [-0.25, -0.2) is 0 Å². The van der Waals surface area contributed by atoms with Crippen molar-refractivity contribution in [3.63, 3.8) is 0 Å². The molecule has 0 aromatic heterocycles. The highest BCUT2D eigenvalue weighted by Gasteiger charge is 2.47. The summed E-state index contributed by atoms with van der Waals surface area (Å²) < 4.78 is 4.99. The molecule has 2 rings (SSSR count). The van der Waals surface area contributed by atoms with Crippen molar-refractivity contribution in [2.45, 2.75) is 50.6 Å². The highest BCUT2D eigenvalue weighted by atomic mass is 16.5. The SMILES string of the molecule is CCNC1(C(=O)OC)CCC(N(C)CC2CC2)C1. The maximum absolute atomic E-state index is 12.0. The van der Waals surface area contributed by atoms with E-state index < -0.39 is 5.54 Å². The zero-order valence-corrected chi connectivity index (χ0v) is 11.9. The van der Waals surface area contributed by atoms with E-state index in [1.54, 1.807) is 0 Å². The summed E-state index contributed by atoms with van der Waals surface area (Å²) >= 11 is 0. The second kappa shape index (κ2) is 5.57. The lowest BCUT2D eigenvalue weighted by Gasteiger charge is -2.29. The largest absolute Gasteiger partial charge is 0.468 e. The maximum Gasteiger partial charge on any atom is 0.326 e. The molecule has 0 saturated heterocycles. The van der Waals surface area contributed by atoms with Gasteiger partial charge >= 0.3 is 5.97 Å². The summed E-state index contributed by atoms with van der Waals surface area (Å²) in [7, 11) is 3.69. The lowest BCUT2D eigenvalue weighted by molar-refractivity contribution is -0.148. The van der Waals surface area contributed by atoms with Crippen molar-refractivity contribution in [3.8, 4) is 0 Å². The molecule has 1 N–H and O–H groups in total. The van der Waals surface area contributed by atoms with Gasteiger partial charge in [-0.15, -0.1) is 0 Å². The van der Waals surface area contributed by atoms with Gasteiger partial charge in [-0.1, -0.05) is 6.92 Å². The van der Waals surface area contributed by atoms with Crippen molar-refractivity contribution < 1.29 is 9.53 Å². The van der Waals surface area contributed by atoms with Crippen LogP contribution in [0.1, 0.15) is 39.0 Å². The van der Waals surface area contributed by atoms with Crippen molar-refractivity contribution in [3.05, 3.63) is 0 Å². The Hall–Kier alpha value is -0.610. The highest BCUT2D eigenvalue weighted by molar-refractivity contribution is 5.81. The van der Waals surface area contributed by atoms with E-state index in [9.17, 15) is 4.79 Å². The first kappa shape index (κ1) is 13.8. The Kier molecular flexibility index (Phi) is 4.28. The van der Waals surface area contributed by atoms with E-state index in [-0.39, 0.29) is 5.97 Å². The Morgan fingerprint density at radius 2 is 2.17 bits per heavy atom. The van der Waals surface area contributed by atoms with Gasteiger partial charge in [0.1, 0.15) is 5.54 Å². The van der Waals surface area contributed by atoms with Crippen molar-refractivity contribution in [2.24, 2.45) is 5.92 Å². The molecule has 2 unspecified atom stereocenters. The number of esters is 1. The summed E-state index contributed by atoms with van der Waals surface area (Å²) in [4.78, 5) is 14.5. The number of nitrogens with zero attached hydrogens (tertiary/aromatic N) is 1. The predicted octanol–water partition coefficient (Wildman–Crippen LogP) is 1.40. The van der Waals surface area contributed by atoms with Gasteiger partial charge in [-0.05, 0) is 51.6 Å². The molecule has 0 bridgehead atoms. The summed E-state index contributed by atoms with van der Waals surface area (Å²) in [5.41, 5.74) is -0.439. The van der Waals surface area contributed by atoms with E-state index in [1.807, 2.05) is 6.92 Å². The van der Waals surface area contributed by atoms with Crippen LogP contribution >= 0.6 is 0 Å². The molecule has 4 nitrogen and oxygen atoms in total. The van der Waals surface area contributed by atoms with Crippen molar-refractivity contribution in [1.29, 1.82) is 0 Å². The lowest BCUT2D eigenvalue weighted by atomic mass is 9.97. The van der Waals surface area contributed by atoms with Gasteiger partial charge in [0, 0.05) is 12.6 Å². The van der Waals surface area contributed by atoms with E-state index in [0.29, 0.717) is 6.04 Å². The molecule has 18 heavy (non-hydrogen) atoms. The molecule has 0 spiro atoms. The molecule has 2 saturated carbocycles. The number of hydrogen-bond donors (Lipinski definition) is 1. The Bertz CT molecular complexity index is 304. The number of rotatable bonds is 6. The molecule has 2 aliphatic carbocycles. The number of nitrogens with one attached hydrogen (secondary N) is 1. The average molecular weight is 254 g/mol. The van der Waals surface area contributed by atoms with Gasteiger partial charge in [0.25, 0.3) is 0 Å². The molecule has 4 heteroatoms. The highest BCUT2D eigenvalue weighted by Crippen LogP contribution is 2.36. The minimum absolute atomic E-state index is 0.0910. The lowest BCUT2D eigenvalue weighted by Crippen LogP contribution is -2.51. The standard InChI is InChI=1S/C14H26N2O2/c1-4-15-14(13(17)18-3)8-7-12(9-14)16(2)10-11-5-6-11/h11-12,15H,4-10H2,1-3H3. The molecule has 0 heterocycles. The molecule has 0 aliphatic heterocycles. The summed E-state index contributed by atoms with van der Waals surface area (Å²) in [5, 5.41) is 3.36. The molecular weight excluding hydrogens is 228 g/mol. The van der Waals surface area contributed by atoms with Crippen LogP contribution in [-0.2, 0) is 9.53 Å². The van der Waals surface area contributed by atoms with E-state index >= 15 is 0 Å². The number of likely N-dealkylation sites (N-methyl/N-ethyl adjacent to an activating group) is 1. The third-order valence-corrected chi connectivity index (χ3v) is 4.45. The quantitative estimate of drug-likeness (QED) is 0.728. The zero-order valence-electron chi connectivity index (χ0n) is 11.9. The molecule has 2 aliphatic rings. The molecule has 2 fully saturated rings. The third-order valence-electron chi connectivity index (χ3n) is 4.45. The first-order chi connectivity index (χ1) is 8.61. The number of carbonyl (C=O) groups is 1. The molecule has 0 aromatic carbocycles. The van der Waals surface area contributed by atoms with Crippen LogP contribution in [0.25, 0.3) is 0 Å². The summed E-state index contributed by atoms with van der Waals surface area (Å²) in [6.45, 7) is 4.05. The number of carbonyl (C=O) groups excluding carboxylic acids is 1. The Morgan fingerprint density at radius 1 is 1.44 bits per heavy atom. The predicted molar refractivity (Wildman–Crippen MR) is 71.4 cm³/mol. The van der Waals surface area contributed by atoms with E-state index in [2.05, 4.69) is 17.3 Å². The third kappa shape index (κ3) is 2.86. The fourth-order valence-electron chi connectivity index (χ4n) is 3.20. The minimum Gasteiger partial charge on any atom is -0.468 e. The van der Waals surface area contributed by atoms with Crippen molar-refractivity contribution >= 4 is 5.97 Å². The van der Waals surface area contributed by atoms with E-state index in [0.717, 1.165) is 31.7 Å². The summed E-state index contributed by atoms with van der Waals surface area (Å²) in [6.07, 6.45) is 5.63. The van der Waals surface area contributed by atoms with Gasteiger partial charge in [-0.2, -0.15) is 0 Å². The van der Waals surface area contributed by atoms with Crippen LogP contribution in [0.4, 0.5) is 0 Å². The summed E-state index contributed by atoms with van der Waals surface area (Å²) in [5.74, 6) is 0.814. The fraction of sp³-hybridized carbons (Fsp3) is 0.929. The topological polar surface area (TPSA) is 41.6 Å². The Balaban J connectivity index is 1.95. The minimum atomic E-state index is -0.439. The zero-order chi connectivity index (χ0) is 13.2. The number of methoxy groups -OCH3 is 1. The molecular formula is C14H26N2O2. The molecule has 0 amide bonds. The first-order valence-corrected chi connectivity index (χ1v) is 7.15. The normalized spacial score (nSPS) is 31.9. The number of ether oxygens (including phenoxy) is 1. The summed E-state index contributed by atoms with van der Waals surface area (Å²) in [6, 6.07) is 0.517. The van der Waals surface area contributed by atoms with Crippen LogP contribution in [0.15, 0.2) is 0 Å². The molecule has 0 aromatic rings. The molecule has 104 valence electrons. The van der Waals surface area contributed by atoms with Crippen molar-refractivity contribution in [1.82, 2.24) is 10.2 Å². The van der Waals surface area contributed by atoms with Crippen LogP contribution in [-0.4, -0.2) is 49.7 Å². The number of hydrogen-bond acceptors (Lipinski definition) is 4. The van der Waals surface area contributed by atoms with E-state index in [4.69, 9.17) is 4.74 Å². The first-order valence-electron chi connectivity index (χ1n) is 7.15. The Morgan fingerprint density at radius 3 is 2.72 bits per heavy atom.